The maximum atomic E-state index is 10.5. The number of halogens is 2. The third kappa shape index (κ3) is 2.00. The minimum Gasteiger partial charge on any atom is -0.474 e. The highest BCUT2D eigenvalue weighted by Crippen LogP contribution is 2.28. The van der Waals surface area contributed by atoms with E-state index in [9.17, 15) is 4.79 Å². The van der Waals surface area contributed by atoms with Gasteiger partial charge in [-0.3, -0.25) is 0 Å². The fraction of sp³-hybridized carbons (Fsp3) is 0. The Labute approximate surface area is 99.6 Å². The fourth-order valence-electron chi connectivity index (χ4n) is 1.09. The molecule has 82 valence electrons. The molecule has 0 saturated carbocycles. The van der Waals surface area contributed by atoms with Gasteiger partial charge in [-0.2, -0.15) is 4.98 Å². The van der Waals surface area contributed by atoms with Gasteiger partial charge in [0.1, 0.15) is 0 Å². The number of carbonyl (C=O) groups is 1. The molecule has 0 amide bonds. The van der Waals surface area contributed by atoms with Gasteiger partial charge in [0.25, 0.3) is 0 Å². The Bertz CT molecular complexity index is 553. The van der Waals surface area contributed by atoms with Gasteiger partial charge < -0.3 is 9.63 Å². The average Bonchev–Trinajstić information content (AvgIpc) is 2.70. The van der Waals surface area contributed by atoms with E-state index in [4.69, 9.17) is 28.3 Å². The van der Waals surface area contributed by atoms with E-state index in [1.807, 2.05) is 0 Å². The van der Waals surface area contributed by atoms with Crippen LogP contribution in [-0.2, 0) is 0 Å². The van der Waals surface area contributed by atoms with Crippen LogP contribution in [-0.4, -0.2) is 21.2 Å². The monoisotopic (exact) mass is 258 g/mol. The van der Waals surface area contributed by atoms with Crippen LogP contribution in [0.1, 0.15) is 10.7 Å². The lowest BCUT2D eigenvalue weighted by Crippen LogP contribution is -1.95. The van der Waals surface area contributed by atoms with Crippen LogP contribution in [0, 0.1) is 0 Å². The smallest absolute Gasteiger partial charge is 0.394 e. The minimum atomic E-state index is -1.29. The van der Waals surface area contributed by atoms with Crippen LogP contribution in [0.2, 0.25) is 10.0 Å². The molecular weight excluding hydrogens is 255 g/mol. The van der Waals surface area contributed by atoms with Crippen molar-refractivity contribution in [3.8, 4) is 11.4 Å². The number of benzene rings is 1. The summed E-state index contributed by atoms with van der Waals surface area (Å²) in [6.45, 7) is 0. The second-order valence-electron chi connectivity index (χ2n) is 2.85. The number of rotatable bonds is 2. The lowest BCUT2D eigenvalue weighted by molar-refractivity contribution is 0.0643. The Morgan fingerprint density at radius 2 is 2.12 bits per heavy atom. The van der Waals surface area contributed by atoms with Crippen molar-refractivity contribution in [1.29, 1.82) is 0 Å². The summed E-state index contributed by atoms with van der Waals surface area (Å²) in [6, 6.07) is 4.70. The van der Waals surface area contributed by atoms with Crippen molar-refractivity contribution in [3.63, 3.8) is 0 Å². The Hall–Kier alpha value is -1.59. The molecule has 0 fully saturated rings. The van der Waals surface area contributed by atoms with Gasteiger partial charge in [0.05, 0.1) is 5.02 Å². The zero-order valence-corrected chi connectivity index (χ0v) is 9.16. The molecule has 0 saturated heterocycles. The van der Waals surface area contributed by atoms with Crippen LogP contribution in [0.3, 0.4) is 0 Å². The Morgan fingerprint density at radius 1 is 1.38 bits per heavy atom. The van der Waals surface area contributed by atoms with E-state index in [0.29, 0.717) is 15.6 Å². The third-order valence-corrected chi connectivity index (χ3v) is 2.34. The van der Waals surface area contributed by atoms with Crippen molar-refractivity contribution in [2.45, 2.75) is 0 Å². The second-order valence-corrected chi connectivity index (χ2v) is 3.70. The van der Waals surface area contributed by atoms with E-state index in [2.05, 4.69) is 14.7 Å². The molecule has 1 heterocycles. The van der Waals surface area contributed by atoms with Crippen LogP contribution in [0.4, 0.5) is 0 Å². The Morgan fingerprint density at radius 3 is 2.75 bits per heavy atom. The maximum Gasteiger partial charge on any atom is 0.394 e. The van der Waals surface area contributed by atoms with Gasteiger partial charge in [-0.05, 0) is 18.2 Å². The summed E-state index contributed by atoms with van der Waals surface area (Å²) in [7, 11) is 0. The van der Waals surface area contributed by atoms with Gasteiger partial charge in [-0.15, -0.1) is 0 Å². The number of carboxylic acids is 1. The second kappa shape index (κ2) is 4.11. The molecule has 2 rings (SSSR count). The molecule has 0 radical (unpaired) electrons. The van der Waals surface area contributed by atoms with Gasteiger partial charge in [0.2, 0.25) is 5.82 Å². The molecule has 16 heavy (non-hydrogen) atoms. The molecule has 0 bridgehead atoms. The highest BCUT2D eigenvalue weighted by Gasteiger charge is 2.16. The van der Waals surface area contributed by atoms with E-state index in [1.165, 1.54) is 6.07 Å². The molecule has 2 aromatic rings. The fourth-order valence-corrected chi connectivity index (χ4v) is 1.46. The van der Waals surface area contributed by atoms with Crippen LogP contribution >= 0.6 is 23.2 Å². The van der Waals surface area contributed by atoms with Crippen molar-refractivity contribution in [1.82, 2.24) is 10.1 Å². The molecule has 0 atom stereocenters. The predicted octanol–water partition coefficient (Wildman–Crippen LogP) is 2.74. The van der Waals surface area contributed by atoms with Crippen molar-refractivity contribution in [3.05, 3.63) is 34.1 Å². The molecule has 0 unspecified atom stereocenters. The summed E-state index contributed by atoms with van der Waals surface area (Å²) in [5.41, 5.74) is 0.422. The number of aromatic nitrogens is 2. The summed E-state index contributed by atoms with van der Waals surface area (Å²) in [4.78, 5) is 14.2. The topological polar surface area (TPSA) is 76.2 Å². The molecule has 0 aliphatic carbocycles. The predicted molar refractivity (Wildman–Crippen MR) is 56.7 cm³/mol. The van der Waals surface area contributed by atoms with E-state index in [1.54, 1.807) is 12.1 Å². The number of hydrogen-bond acceptors (Lipinski definition) is 4. The van der Waals surface area contributed by atoms with Gasteiger partial charge in [-0.25, -0.2) is 4.79 Å². The normalized spacial score (nSPS) is 10.4. The van der Waals surface area contributed by atoms with E-state index < -0.39 is 11.9 Å². The highest BCUT2D eigenvalue weighted by molar-refractivity contribution is 6.35. The first kappa shape index (κ1) is 10.9. The first-order chi connectivity index (χ1) is 7.58. The van der Waals surface area contributed by atoms with E-state index in [-0.39, 0.29) is 5.82 Å². The first-order valence-electron chi connectivity index (χ1n) is 4.10. The number of nitrogens with zero attached hydrogens (tertiary/aromatic N) is 2. The molecule has 1 aromatic carbocycles. The van der Waals surface area contributed by atoms with E-state index in [0.717, 1.165) is 0 Å². The lowest BCUT2D eigenvalue weighted by Gasteiger charge is -1.98. The Kier molecular flexibility index (Phi) is 2.80. The molecule has 0 aliphatic rings. The molecule has 1 aromatic heterocycles. The summed E-state index contributed by atoms with van der Waals surface area (Å²) < 4.78 is 4.51. The number of aromatic carboxylic acids is 1. The van der Waals surface area contributed by atoms with E-state index >= 15 is 0 Å². The van der Waals surface area contributed by atoms with Gasteiger partial charge in [0, 0.05) is 10.6 Å². The summed E-state index contributed by atoms with van der Waals surface area (Å²) in [6.07, 6.45) is 0. The molecule has 1 N–H and O–H groups in total. The van der Waals surface area contributed by atoms with Crippen molar-refractivity contribution >= 4 is 29.2 Å². The minimum absolute atomic E-state index is 0.0879. The van der Waals surface area contributed by atoms with Crippen molar-refractivity contribution in [2.75, 3.05) is 0 Å². The summed E-state index contributed by atoms with van der Waals surface area (Å²) >= 11 is 11.7. The van der Waals surface area contributed by atoms with Gasteiger partial charge in [0.15, 0.2) is 0 Å². The third-order valence-electron chi connectivity index (χ3n) is 1.78. The maximum absolute atomic E-state index is 10.5. The van der Waals surface area contributed by atoms with Gasteiger partial charge in [-0.1, -0.05) is 28.4 Å². The van der Waals surface area contributed by atoms with Crippen LogP contribution in [0.25, 0.3) is 11.4 Å². The first-order valence-corrected chi connectivity index (χ1v) is 4.86. The zero-order valence-electron chi connectivity index (χ0n) is 7.65. The summed E-state index contributed by atoms with van der Waals surface area (Å²) in [5.74, 6) is -1.70. The SMILES string of the molecule is O=C(O)c1nc(-c2cc(Cl)ccc2Cl)no1. The number of hydrogen-bond donors (Lipinski definition) is 1. The largest absolute Gasteiger partial charge is 0.474 e. The average molecular weight is 259 g/mol. The van der Waals surface area contributed by atoms with Gasteiger partial charge >= 0.3 is 11.9 Å². The highest BCUT2D eigenvalue weighted by atomic mass is 35.5. The standard InChI is InChI=1S/C9H4Cl2N2O3/c10-4-1-2-6(11)5(3-4)7-12-8(9(14)15)16-13-7/h1-3H,(H,14,15). The molecule has 0 spiro atoms. The quantitative estimate of drug-likeness (QED) is 0.897. The molecule has 5 nitrogen and oxygen atoms in total. The molecule has 7 heteroatoms. The van der Waals surface area contributed by atoms with Crippen LogP contribution in [0.5, 0.6) is 0 Å². The van der Waals surface area contributed by atoms with Crippen molar-refractivity contribution < 1.29 is 14.4 Å². The Balaban J connectivity index is 2.50. The lowest BCUT2D eigenvalue weighted by atomic mass is 10.2. The van der Waals surface area contributed by atoms with Crippen LogP contribution < -0.4 is 0 Å². The molecular formula is C9H4Cl2N2O3. The summed E-state index contributed by atoms with van der Waals surface area (Å²) in [5, 5.41) is 12.9. The zero-order chi connectivity index (χ0) is 11.7. The van der Waals surface area contributed by atoms with Crippen LogP contribution in [0.15, 0.2) is 22.7 Å². The van der Waals surface area contributed by atoms with Crippen molar-refractivity contribution in [2.24, 2.45) is 0 Å². The number of carboxylic acid groups (broad SMARTS) is 1. The molecule has 0 aliphatic heterocycles.